The van der Waals surface area contributed by atoms with Crippen LogP contribution >= 0.6 is 0 Å². The molecule has 1 aromatic heterocycles. The number of hydrogen-bond acceptors (Lipinski definition) is 4. The molecule has 0 aliphatic rings. The van der Waals surface area contributed by atoms with Crippen LogP contribution in [0.3, 0.4) is 0 Å². The molecule has 6 heteroatoms. The number of amides is 1. The molecule has 0 unspecified atom stereocenters. The highest BCUT2D eigenvalue weighted by atomic mass is 16.5. The average Bonchev–Trinajstić information content (AvgIpc) is 3.03. The fraction of sp³-hybridized carbons (Fsp3) is 0.250. The minimum atomic E-state index is -0.322. The first-order valence-corrected chi connectivity index (χ1v) is 8.48. The van der Waals surface area contributed by atoms with Gasteiger partial charge < -0.3 is 10.1 Å². The number of ether oxygens (including phenoxy) is 1. The topological polar surface area (TPSA) is 69.0 Å². The Balaban J connectivity index is 1.85. The maximum atomic E-state index is 12.6. The van der Waals surface area contributed by atoms with Gasteiger partial charge in [-0.2, -0.15) is 0 Å². The summed E-state index contributed by atoms with van der Waals surface area (Å²) in [6.45, 7) is 6.12. The molecule has 1 amide bonds. The summed E-state index contributed by atoms with van der Waals surface area (Å²) in [5, 5.41) is 11.0. The summed E-state index contributed by atoms with van der Waals surface area (Å²) in [6, 6.07) is 15.3. The van der Waals surface area contributed by atoms with Crippen molar-refractivity contribution in [2.75, 3.05) is 12.4 Å². The van der Waals surface area contributed by atoms with Crippen LogP contribution in [0.5, 0.6) is 5.75 Å². The van der Waals surface area contributed by atoms with Gasteiger partial charge in [0.1, 0.15) is 5.75 Å². The molecular formula is C20H22N4O2. The van der Waals surface area contributed by atoms with E-state index in [4.69, 9.17) is 4.74 Å². The molecule has 0 aliphatic heterocycles. The molecular weight excluding hydrogens is 328 g/mol. The summed E-state index contributed by atoms with van der Waals surface area (Å²) in [4.78, 5) is 12.6. The molecule has 0 spiro atoms. The van der Waals surface area contributed by atoms with Gasteiger partial charge in [-0.15, -0.1) is 5.10 Å². The molecule has 134 valence electrons. The summed E-state index contributed by atoms with van der Waals surface area (Å²) >= 11 is 0. The summed E-state index contributed by atoms with van der Waals surface area (Å²) in [6.07, 6.45) is 0. The van der Waals surface area contributed by atoms with Crippen molar-refractivity contribution in [2.24, 2.45) is 0 Å². The predicted molar refractivity (Wildman–Crippen MR) is 101 cm³/mol. The second kappa shape index (κ2) is 7.39. The predicted octanol–water partition coefficient (Wildman–Crippen LogP) is 3.96. The minimum absolute atomic E-state index is 0.281. The number of rotatable bonds is 5. The Morgan fingerprint density at radius 3 is 2.46 bits per heavy atom. The van der Waals surface area contributed by atoms with E-state index in [9.17, 15) is 4.79 Å². The molecule has 6 nitrogen and oxygen atoms in total. The lowest BCUT2D eigenvalue weighted by Crippen LogP contribution is -2.14. The molecule has 2 aromatic carbocycles. The average molecular weight is 350 g/mol. The summed E-state index contributed by atoms with van der Waals surface area (Å²) in [5.74, 6) is 0.732. The standard InChI is InChI=1S/C20H22N4O2/c1-13(2)15-9-11-16(12-10-15)24-14(3)19(22-23-24)20(25)21-17-7-5-6-8-18(17)26-4/h5-13H,1-4H3,(H,21,25). The molecule has 1 N–H and O–H groups in total. The van der Waals surface area contributed by atoms with Crippen LogP contribution in [0.1, 0.15) is 41.5 Å². The third-order valence-electron chi connectivity index (χ3n) is 4.27. The molecule has 0 fully saturated rings. The smallest absolute Gasteiger partial charge is 0.278 e. The first-order valence-electron chi connectivity index (χ1n) is 8.48. The van der Waals surface area contributed by atoms with Crippen LogP contribution in [0, 0.1) is 6.92 Å². The van der Waals surface area contributed by atoms with E-state index in [0.717, 1.165) is 5.69 Å². The van der Waals surface area contributed by atoms with Crippen molar-refractivity contribution in [1.29, 1.82) is 0 Å². The summed E-state index contributed by atoms with van der Waals surface area (Å²) < 4.78 is 6.93. The number of aromatic nitrogens is 3. The number of nitrogens with one attached hydrogen (secondary N) is 1. The molecule has 1 heterocycles. The highest BCUT2D eigenvalue weighted by Crippen LogP contribution is 2.24. The Morgan fingerprint density at radius 2 is 1.81 bits per heavy atom. The van der Waals surface area contributed by atoms with E-state index in [0.29, 0.717) is 23.0 Å². The van der Waals surface area contributed by atoms with Crippen molar-refractivity contribution < 1.29 is 9.53 Å². The van der Waals surface area contributed by atoms with E-state index in [1.54, 1.807) is 23.9 Å². The quantitative estimate of drug-likeness (QED) is 0.756. The fourth-order valence-corrected chi connectivity index (χ4v) is 2.71. The van der Waals surface area contributed by atoms with Crippen molar-refractivity contribution in [3.63, 3.8) is 0 Å². The number of benzene rings is 2. The van der Waals surface area contributed by atoms with Gasteiger partial charge in [0.05, 0.1) is 24.2 Å². The molecule has 3 aromatic rings. The lowest BCUT2D eigenvalue weighted by atomic mass is 10.0. The number of nitrogens with zero attached hydrogens (tertiary/aromatic N) is 3. The molecule has 3 rings (SSSR count). The van der Waals surface area contributed by atoms with Crippen LogP contribution < -0.4 is 10.1 Å². The second-order valence-corrected chi connectivity index (χ2v) is 6.34. The number of carbonyl (C=O) groups is 1. The number of anilines is 1. The third kappa shape index (κ3) is 3.44. The zero-order valence-electron chi connectivity index (χ0n) is 15.4. The van der Waals surface area contributed by atoms with Gasteiger partial charge in [-0.25, -0.2) is 4.68 Å². The molecule has 0 atom stereocenters. The lowest BCUT2D eigenvalue weighted by molar-refractivity contribution is 0.102. The van der Waals surface area contributed by atoms with E-state index in [2.05, 4.69) is 41.6 Å². The number of methoxy groups -OCH3 is 1. The highest BCUT2D eigenvalue weighted by Gasteiger charge is 2.18. The molecule has 0 saturated heterocycles. The first-order chi connectivity index (χ1) is 12.5. The fourth-order valence-electron chi connectivity index (χ4n) is 2.71. The van der Waals surface area contributed by atoms with E-state index >= 15 is 0 Å². The van der Waals surface area contributed by atoms with Gasteiger partial charge in [-0.05, 0) is 42.7 Å². The van der Waals surface area contributed by atoms with Gasteiger partial charge in [0.2, 0.25) is 0 Å². The minimum Gasteiger partial charge on any atom is -0.495 e. The monoisotopic (exact) mass is 350 g/mol. The summed E-state index contributed by atoms with van der Waals surface area (Å²) in [7, 11) is 1.56. The Morgan fingerprint density at radius 1 is 1.12 bits per heavy atom. The largest absolute Gasteiger partial charge is 0.495 e. The van der Waals surface area contributed by atoms with Crippen LogP contribution in [0.25, 0.3) is 5.69 Å². The van der Waals surface area contributed by atoms with E-state index in [1.807, 2.05) is 31.2 Å². The van der Waals surface area contributed by atoms with Crippen LogP contribution in [-0.4, -0.2) is 28.0 Å². The second-order valence-electron chi connectivity index (χ2n) is 6.34. The lowest BCUT2D eigenvalue weighted by Gasteiger charge is -2.09. The third-order valence-corrected chi connectivity index (χ3v) is 4.27. The maximum absolute atomic E-state index is 12.6. The van der Waals surface area contributed by atoms with Gasteiger partial charge >= 0.3 is 0 Å². The normalized spacial score (nSPS) is 10.8. The van der Waals surface area contributed by atoms with Crippen molar-refractivity contribution in [2.45, 2.75) is 26.7 Å². The first kappa shape index (κ1) is 17.7. The van der Waals surface area contributed by atoms with Crippen molar-refractivity contribution in [3.05, 3.63) is 65.5 Å². The van der Waals surface area contributed by atoms with Gasteiger partial charge in [0, 0.05) is 0 Å². The molecule has 26 heavy (non-hydrogen) atoms. The number of para-hydroxylation sites is 2. The molecule has 0 aliphatic carbocycles. The van der Waals surface area contributed by atoms with E-state index in [-0.39, 0.29) is 11.6 Å². The van der Waals surface area contributed by atoms with Crippen LogP contribution in [0.4, 0.5) is 5.69 Å². The number of carbonyl (C=O) groups excluding carboxylic acids is 1. The zero-order chi connectivity index (χ0) is 18.7. The highest BCUT2D eigenvalue weighted by molar-refractivity contribution is 6.04. The molecule has 0 bridgehead atoms. The summed E-state index contributed by atoms with van der Waals surface area (Å²) in [5.41, 5.74) is 3.67. The van der Waals surface area contributed by atoms with Crippen molar-refractivity contribution >= 4 is 11.6 Å². The molecule has 0 saturated carbocycles. The Bertz CT molecular complexity index is 914. The zero-order valence-corrected chi connectivity index (χ0v) is 15.4. The van der Waals surface area contributed by atoms with Crippen molar-refractivity contribution in [1.82, 2.24) is 15.0 Å². The number of hydrogen-bond donors (Lipinski definition) is 1. The van der Waals surface area contributed by atoms with E-state index in [1.165, 1.54) is 5.56 Å². The molecule has 0 radical (unpaired) electrons. The van der Waals surface area contributed by atoms with Crippen LogP contribution in [0.15, 0.2) is 48.5 Å². The maximum Gasteiger partial charge on any atom is 0.278 e. The Labute approximate surface area is 152 Å². The Kier molecular flexibility index (Phi) is 5.02. The Hall–Kier alpha value is -3.15. The van der Waals surface area contributed by atoms with Gasteiger partial charge in [-0.1, -0.05) is 43.3 Å². The van der Waals surface area contributed by atoms with Crippen LogP contribution in [-0.2, 0) is 0 Å². The van der Waals surface area contributed by atoms with E-state index < -0.39 is 0 Å². The van der Waals surface area contributed by atoms with Crippen LogP contribution in [0.2, 0.25) is 0 Å². The SMILES string of the molecule is COc1ccccc1NC(=O)c1nnn(-c2ccc(C(C)C)cc2)c1C. The van der Waals surface area contributed by atoms with Crippen molar-refractivity contribution in [3.8, 4) is 11.4 Å². The van der Waals surface area contributed by atoms with Gasteiger partial charge in [0.15, 0.2) is 5.69 Å². The van der Waals surface area contributed by atoms with Gasteiger partial charge in [0.25, 0.3) is 5.91 Å². The van der Waals surface area contributed by atoms with Gasteiger partial charge in [-0.3, -0.25) is 4.79 Å².